The minimum atomic E-state index is -3.74. The zero-order valence-corrected chi connectivity index (χ0v) is 17.1. The molecule has 0 spiro atoms. The summed E-state index contributed by atoms with van der Waals surface area (Å²) in [6.07, 6.45) is 2.50. The summed E-state index contributed by atoms with van der Waals surface area (Å²) in [5.74, 6) is 0.858. The molecule has 0 unspecified atom stereocenters. The number of hydrogen-bond acceptors (Lipinski definition) is 5. The Kier molecular flexibility index (Phi) is 5.35. The van der Waals surface area contributed by atoms with E-state index in [0.29, 0.717) is 5.56 Å². The van der Waals surface area contributed by atoms with Crippen molar-refractivity contribution < 1.29 is 17.9 Å². The number of amides is 1. The Hall–Kier alpha value is -2.03. The Morgan fingerprint density at radius 2 is 1.93 bits per heavy atom. The zero-order chi connectivity index (χ0) is 19.7. The second kappa shape index (κ2) is 7.77. The number of benzene rings is 2. The lowest BCUT2D eigenvalue weighted by Crippen LogP contribution is -2.31. The number of carbonyl (C=O) groups is 1. The van der Waals surface area contributed by atoms with Crippen molar-refractivity contribution in [1.29, 1.82) is 0 Å². The minimum Gasteiger partial charge on any atom is -0.495 e. The summed E-state index contributed by atoms with van der Waals surface area (Å²) in [6, 6.07) is 12.4. The summed E-state index contributed by atoms with van der Waals surface area (Å²) in [4.78, 5) is 14.0. The van der Waals surface area contributed by atoms with Crippen LogP contribution in [0.3, 0.4) is 0 Å². The van der Waals surface area contributed by atoms with Crippen LogP contribution in [0, 0.1) is 0 Å². The molecule has 1 aliphatic carbocycles. The Morgan fingerprint density at radius 3 is 2.68 bits per heavy atom. The van der Waals surface area contributed by atoms with Crippen LogP contribution in [0.4, 0.5) is 0 Å². The molecule has 0 saturated heterocycles. The van der Waals surface area contributed by atoms with Crippen LogP contribution >= 0.6 is 11.8 Å². The van der Waals surface area contributed by atoms with Crippen LogP contribution in [-0.4, -0.2) is 33.2 Å². The smallest absolute Gasteiger partial charge is 0.251 e. The maximum Gasteiger partial charge on any atom is 0.251 e. The topological polar surface area (TPSA) is 84.5 Å². The van der Waals surface area contributed by atoms with Crippen molar-refractivity contribution in [3.8, 4) is 5.75 Å². The second-order valence-electron chi connectivity index (χ2n) is 6.96. The van der Waals surface area contributed by atoms with Gasteiger partial charge in [0.2, 0.25) is 10.0 Å². The van der Waals surface area contributed by atoms with Gasteiger partial charge in [-0.2, -0.15) is 0 Å². The molecule has 2 aliphatic rings. The quantitative estimate of drug-likeness (QED) is 0.753. The first-order valence-electron chi connectivity index (χ1n) is 9.21. The lowest BCUT2D eigenvalue weighted by Gasteiger charge is -2.26. The number of sulfonamides is 1. The highest BCUT2D eigenvalue weighted by atomic mass is 32.2. The predicted molar refractivity (Wildman–Crippen MR) is 108 cm³/mol. The molecule has 1 aliphatic heterocycles. The molecule has 28 heavy (non-hydrogen) atoms. The van der Waals surface area contributed by atoms with Gasteiger partial charge in [0.25, 0.3) is 5.91 Å². The first-order chi connectivity index (χ1) is 13.5. The van der Waals surface area contributed by atoms with Gasteiger partial charge in [-0.3, -0.25) is 4.79 Å². The number of fused-ring (bicyclic) bond motifs is 1. The van der Waals surface area contributed by atoms with Gasteiger partial charge in [0, 0.05) is 22.3 Å². The molecule has 8 heteroatoms. The number of methoxy groups -OCH3 is 1. The first kappa shape index (κ1) is 19.3. The fourth-order valence-corrected chi connectivity index (χ4v) is 5.87. The SMILES string of the molecule is COc1ccc(C(=O)N[C@@H]2CCSc3ccccc32)cc1S(=O)(=O)NC1CC1. The van der Waals surface area contributed by atoms with Crippen LogP contribution in [0.25, 0.3) is 0 Å². The molecule has 1 heterocycles. The Balaban J connectivity index is 1.59. The van der Waals surface area contributed by atoms with Crippen molar-refractivity contribution in [3.05, 3.63) is 53.6 Å². The number of carbonyl (C=O) groups excluding carboxylic acids is 1. The molecule has 0 bridgehead atoms. The van der Waals surface area contributed by atoms with E-state index < -0.39 is 10.0 Å². The van der Waals surface area contributed by atoms with Crippen LogP contribution in [-0.2, 0) is 10.0 Å². The average molecular weight is 419 g/mol. The normalized spacial score (nSPS) is 19.0. The van der Waals surface area contributed by atoms with E-state index in [2.05, 4.69) is 16.1 Å². The van der Waals surface area contributed by atoms with Crippen molar-refractivity contribution in [2.24, 2.45) is 0 Å². The average Bonchev–Trinajstić information content (AvgIpc) is 3.51. The van der Waals surface area contributed by atoms with Crippen molar-refractivity contribution in [2.45, 2.75) is 41.1 Å². The summed E-state index contributed by atoms with van der Waals surface area (Å²) in [5.41, 5.74) is 1.40. The maximum atomic E-state index is 12.9. The van der Waals surface area contributed by atoms with Gasteiger partial charge in [0.1, 0.15) is 10.6 Å². The second-order valence-corrected chi connectivity index (χ2v) is 9.78. The Bertz CT molecular complexity index is 1000. The summed E-state index contributed by atoms with van der Waals surface area (Å²) in [6.45, 7) is 0. The van der Waals surface area contributed by atoms with E-state index in [1.54, 1.807) is 17.8 Å². The third-order valence-electron chi connectivity index (χ3n) is 4.88. The number of nitrogens with one attached hydrogen (secondary N) is 2. The summed E-state index contributed by atoms with van der Waals surface area (Å²) in [7, 11) is -2.32. The number of ether oxygens (including phenoxy) is 1. The van der Waals surface area contributed by atoms with Gasteiger partial charge >= 0.3 is 0 Å². The first-order valence-corrected chi connectivity index (χ1v) is 11.7. The van der Waals surface area contributed by atoms with Crippen molar-refractivity contribution in [2.75, 3.05) is 12.9 Å². The summed E-state index contributed by atoms with van der Waals surface area (Å²) < 4.78 is 33.2. The van der Waals surface area contributed by atoms with Crippen molar-refractivity contribution in [3.63, 3.8) is 0 Å². The molecule has 2 N–H and O–H groups in total. The van der Waals surface area contributed by atoms with Gasteiger partial charge in [-0.15, -0.1) is 11.8 Å². The summed E-state index contributed by atoms with van der Waals surface area (Å²) >= 11 is 1.78. The molecule has 4 rings (SSSR count). The van der Waals surface area contributed by atoms with E-state index in [1.807, 2.05) is 18.2 Å². The van der Waals surface area contributed by atoms with Gasteiger partial charge in [-0.05, 0) is 49.1 Å². The number of hydrogen-bond donors (Lipinski definition) is 2. The Labute approximate surface area is 169 Å². The lowest BCUT2D eigenvalue weighted by molar-refractivity contribution is 0.0934. The van der Waals surface area contributed by atoms with E-state index in [9.17, 15) is 13.2 Å². The highest BCUT2D eigenvalue weighted by molar-refractivity contribution is 7.99. The molecule has 0 aromatic heterocycles. The monoisotopic (exact) mass is 418 g/mol. The minimum absolute atomic E-state index is 0.00542. The largest absolute Gasteiger partial charge is 0.495 e. The van der Waals surface area contributed by atoms with E-state index in [-0.39, 0.29) is 28.6 Å². The molecular weight excluding hydrogens is 396 g/mol. The molecular formula is C20H22N2O4S2. The van der Waals surface area contributed by atoms with Crippen LogP contribution in [0.2, 0.25) is 0 Å². The molecule has 1 atom stereocenters. The van der Waals surface area contributed by atoms with Crippen LogP contribution in [0.15, 0.2) is 52.3 Å². The highest BCUT2D eigenvalue weighted by Crippen LogP contribution is 2.36. The molecule has 0 radical (unpaired) electrons. The van der Waals surface area contributed by atoms with Crippen LogP contribution in [0.5, 0.6) is 5.75 Å². The fourth-order valence-electron chi connectivity index (χ4n) is 3.25. The fraction of sp³-hybridized carbons (Fsp3) is 0.350. The number of thioether (sulfide) groups is 1. The molecule has 6 nitrogen and oxygen atoms in total. The molecule has 2 aromatic carbocycles. The maximum absolute atomic E-state index is 12.9. The molecule has 1 fully saturated rings. The highest BCUT2D eigenvalue weighted by Gasteiger charge is 2.30. The molecule has 1 saturated carbocycles. The third kappa shape index (κ3) is 4.04. The van der Waals surface area contributed by atoms with Gasteiger partial charge in [-0.25, -0.2) is 13.1 Å². The van der Waals surface area contributed by atoms with Crippen molar-refractivity contribution in [1.82, 2.24) is 10.0 Å². The van der Waals surface area contributed by atoms with Gasteiger partial charge in [-0.1, -0.05) is 18.2 Å². The lowest BCUT2D eigenvalue weighted by atomic mass is 10.0. The van der Waals surface area contributed by atoms with E-state index in [0.717, 1.165) is 30.6 Å². The van der Waals surface area contributed by atoms with Crippen molar-refractivity contribution >= 4 is 27.7 Å². The van der Waals surface area contributed by atoms with Gasteiger partial charge in [0.15, 0.2) is 0 Å². The predicted octanol–water partition coefficient (Wildman–Crippen LogP) is 3.10. The Morgan fingerprint density at radius 1 is 1.14 bits per heavy atom. The number of rotatable bonds is 6. The van der Waals surface area contributed by atoms with Gasteiger partial charge in [0.05, 0.1) is 13.2 Å². The third-order valence-corrected chi connectivity index (χ3v) is 7.54. The molecule has 2 aromatic rings. The van der Waals surface area contributed by atoms with Gasteiger partial charge < -0.3 is 10.1 Å². The zero-order valence-electron chi connectivity index (χ0n) is 15.5. The van der Waals surface area contributed by atoms with Crippen LogP contribution < -0.4 is 14.8 Å². The van der Waals surface area contributed by atoms with E-state index >= 15 is 0 Å². The van der Waals surface area contributed by atoms with Crippen LogP contribution in [0.1, 0.15) is 41.2 Å². The molecule has 1 amide bonds. The summed E-state index contributed by atoms with van der Waals surface area (Å²) in [5, 5.41) is 3.05. The molecule has 148 valence electrons. The van der Waals surface area contributed by atoms with E-state index in [4.69, 9.17) is 4.74 Å². The standard InChI is InChI=1S/C20H22N2O4S2/c1-26-17-9-6-13(12-19(17)28(24,25)22-14-7-8-14)20(23)21-16-10-11-27-18-5-3-2-4-15(16)18/h2-6,9,12,14,16,22H,7-8,10-11H2,1H3,(H,21,23)/t16-/m1/s1. The van der Waals surface area contributed by atoms with E-state index in [1.165, 1.54) is 24.1 Å².